The van der Waals surface area contributed by atoms with E-state index in [2.05, 4.69) is 15.5 Å². The number of nitro groups is 1. The van der Waals surface area contributed by atoms with Gasteiger partial charge in [-0.25, -0.2) is 0 Å². The zero-order chi connectivity index (χ0) is 18.8. The molecule has 2 aromatic rings. The zero-order valence-electron chi connectivity index (χ0n) is 14.7. The number of carbonyl (C=O) groups excluding carboxylic acids is 1. The van der Waals surface area contributed by atoms with E-state index in [4.69, 9.17) is 4.74 Å². The second kappa shape index (κ2) is 7.32. The van der Waals surface area contributed by atoms with Gasteiger partial charge >= 0.3 is 5.69 Å². The predicted molar refractivity (Wildman–Crippen MR) is 96.7 cm³/mol. The lowest BCUT2D eigenvalue weighted by Crippen LogP contribution is -2.15. The largest absolute Gasteiger partial charge is 0.490 e. The highest BCUT2D eigenvalue weighted by Crippen LogP contribution is 2.39. The van der Waals surface area contributed by atoms with Crippen LogP contribution in [0.4, 0.5) is 11.4 Å². The summed E-state index contributed by atoms with van der Waals surface area (Å²) in [5.41, 5.74) is 0.935. The zero-order valence-corrected chi connectivity index (χ0v) is 15.5. The fraction of sp³-hybridized carbons (Fsp3) is 0.438. The van der Waals surface area contributed by atoms with Gasteiger partial charge < -0.3 is 14.6 Å². The Balaban J connectivity index is 1.65. The first-order chi connectivity index (χ1) is 12.4. The summed E-state index contributed by atoms with van der Waals surface area (Å²) in [6.07, 6.45) is 2.27. The average Bonchev–Trinajstić information content (AvgIpc) is 3.38. The van der Waals surface area contributed by atoms with Crippen LogP contribution in [-0.4, -0.2) is 38.5 Å². The topological polar surface area (TPSA) is 112 Å². The van der Waals surface area contributed by atoms with Crippen LogP contribution in [0, 0.1) is 17.0 Å². The summed E-state index contributed by atoms with van der Waals surface area (Å²) in [5.74, 6) is 1.49. The van der Waals surface area contributed by atoms with Crippen LogP contribution >= 0.6 is 11.8 Å². The van der Waals surface area contributed by atoms with Crippen LogP contribution in [0.3, 0.4) is 0 Å². The number of rotatable bonds is 7. The molecule has 1 N–H and O–H groups in total. The molecule has 0 bridgehead atoms. The van der Waals surface area contributed by atoms with Crippen LogP contribution in [0.5, 0.6) is 5.75 Å². The highest BCUT2D eigenvalue weighted by Gasteiger charge is 2.29. The van der Waals surface area contributed by atoms with Gasteiger partial charge in [-0.2, -0.15) is 0 Å². The third-order valence-corrected chi connectivity index (χ3v) is 5.16. The molecule has 0 aliphatic heterocycles. The Morgan fingerprint density at radius 1 is 1.46 bits per heavy atom. The molecule has 1 heterocycles. The number of aryl methyl sites for hydroxylation is 1. The van der Waals surface area contributed by atoms with Crippen molar-refractivity contribution in [1.29, 1.82) is 0 Å². The fourth-order valence-corrected chi connectivity index (χ4v) is 3.30. The molecule has 0 spiro atoms. The van der Waals surface area contributed by atoms with Gasteiger partial charge in [0.05, 0.1) is 17.8 Å². The number of nitro benzene ring substituents is 1. The molecule has 0 unspecified atom stereocenters. The molecule has 1 amide bonds. The monoisotopic (exact) mass is 377 g/mol. The first-order valence-electron chi connectivity index (χ1n) is 8.05. The van der Waals surface area contributed by atoms with Crippen molar-refractivity contribution in [3.05, 3.63) is 33.6 Å². The van der Waals surface area contributed by atoms with Gasteiger partial charge in [0.1, 0.15) is 5.82 Å². The second-order valence-electron chi connectivity index (χ2n) is 6.11. The van der Waals surface area contributed by atoms with E-state index in [9.17, 15) is 14.9 Å². The van der Waals surface area contributed by atoms with Gasteiger partial charge in [0.2, 0.25) is 5.91 Å². The predicted octanol–water partition coefficient (Wildman–Crippen LogP) is 2.65. The molecule has 1 fully saturated rings. The van der Waals surface area contributed by atoms with Gasteiger partial charge in [-0.3, -0.25) is 14.9 Å². The summed E-state index contributed by atoms with van der Waals surface area (Å²) in [7, 11) is 3.25. The van der Waals surface area contributed by atoms with E-state index < -0.39 is 4.92 Å². The van der Waals surface area contributed by atoms with E-state index in [1.54, 1.807) is 6.92 Å². The van der Waals surface area contributed by atoms with E-state index in [0.717, 1.165) is 18.7 Å². The lowest BCUT2D eigenvalue weighted by atomic mass is 10.1. The molecular weight excluding hydrogens is 358 g/mol. The van der Waals surface area contributed by atoms with E-state index >= 15 is 0 Å². The van der Waals surface area contributed by atoms with Gasteiger partial charge in [0.15, 0.2) is 10.9 Å². The van der Waals surface area contributed by atoms with Crippen molar-refractivity contribution < 1.29 is 14.5 Å². The number of hydrogen-bond acceptors (Lipinski definition) is 7. The smallest absolute Gasteiger partial charge is 0.311 e. The molecule has 0 radical (unpaired) electrons. The van der Waals surface area contributed by atoms with Crippen LogP contribution in [0.2, 0.25) is 0 Å². The molecule has 1 aliphatic carbocycles. The minimum atomic E-state index is -0.515. The van der Waals surface area contributed by atoms with E-state index in [1.807, 2.05) is 11.6 Å². The van der Waals surface area contributed by atoms with Crippen LogP contribution in [-0.2, 0) is 11.8 Å². The maximum absolute atomic E-state index is 12.3. The van der Waals surface area contributed by atoms with Gasteiger partial charge in [-0.15, -0.1) is 10.2 Å². The van der Waals surface area contributed by atoms with Crippen molar-refractivity contribution in [2.45, 2.75) is 30.8 Å². The van der Waals surface area contributed by atoms with E-state index in [-0.39, 0.29) is 23.1 Å². The Labute approximate surface area is 154 Å². The number of hydrogen-bond donors (Lipinski definition) is 1. The number of nitrogens with one attached hydrogen (secondary N) is 1. The normalized spacial score (nSPS) is 13.5. The first kappa shape index (κ1) is 18.2. The van der Waals surface area contributed by atoms with Crippen molar-refractivity contribution >= 4 is 29.0 Å². The minimum absolute atomic E-state index is 0.103. The molecule has 1 aromatic heterocycles. The van der Waals surface area contributed by atoms with Gasteiger partial charge in [-0.05, 0) is 25.3 Å². The van der Waals surface area contributed by atoms with Crippen molar-refractivity contribution in [2.24, 2.45) is 7.05 Å². The summed E-state index contributed by atoms with van der Waals surface area (Å²) in [6, 6.07) is 2.84. The number of aromatic nitrogens is 3. The molecule has 0 saturated heterocycles. The standard InChI is InChI=1S/C16H19N5O4S/c1-9-6-12(21(23)24)13(25-3)7-11(9)17-14(22)8-26-16-19-18-15(20(16)2)10-4-5-10/h6-7,10H,4-5,8H2,1-3H3,(H,17,22). The van der Waals surface area contributed by atoms with Crippen LogP contribution in [0.1, 0.15) is 30.1 Å². The summed E-state index contributed by atoms with van der Waals surface area (Å²) in [6.45, 7) is 1.69. The molecule has 1 aliphatic rings. The lowest BCUT2D eigenvalue weighted by Gasteiger charge is -2.10. The number of thioether (sulfide) groups is 1. The maximum Gasteiger partial charge on any atom is 0.311 e. The Bertz CT molecular complexity index is 863. The van der Waals surface area contributed by atoms with Crippen LogP contribution in [0.25, 0.3) is 0 Å². The maximum atomic E-state index is 12.3. The fourth-order valence-electron chi connectivity index (χ4n) is 2.58. The van der Waals surface area contributed by atoms with Crippen molar-refractivity contribution in [3.8, 4) is 5.75 Å². The summed E-state index contributed by atoms with van der Waals surface area (Å²) >= 11 is 1.30. The minimum Gasteiger partial charge on any atom is -0.490 e. The molecule has 0 atom stereocenters. The Morgan fingerprint density at radius 3 is 2.81 bits per heavy atom. The number of benzene rings is 1. The number of methoxy groups -OCH3 is 1. The Morgan fingerprint density at radius 2 is 2.19 bits per heavy atom. The summed E-state index contributed by atoms with van der Waals surface area (Å²) in [5, 5.41) is 22.8. The average molecular weight is 377 g/mol. The SMILES string of the molecule is COc1cc(NC(=O)CSc2nnc(C3CC3)n2C)c(C)cc1[N+](=O)[O-]. The first-order valence-corrected chi connectivity index (χ1v) is 9.04. The van der Waals surface area contributed by atoms with Crippen molar-refractivity contribution in [3.63, 3.8) is 0 Å². The molecule has 10 heteroatoms. The number of nitrogens with zero attached hydrogens (tertiary/aromatic N) is 4. The van der Waals surface area contributed by atoms with Gasteiger partial charge in [0.25, 0.3) is 0 Å². The van der Waals surface area contributed by atoms with Crippen molar-refractivity contribution in [1.82, 2.24) is 14.8 Å². The molecule has 138 valence electrons. The van der Waals surface area contributed by atoms with Gasteiger partial charge in [0, 0.05) is 30.8 Å². The summed E-state index contributed by atoms with van der Waals surface area (Å²) in [4.78, 5) is 22.8. The Hall–Kier alpha value is -2.62. The quantitative estimate of drug-likeness (QED) is 0.448. The van der Waals surface area contributed by atoms with E-state index in [0.29, 0.717) is 22.3 Å². The number of amides is 1. The van der Waals surface area contributed by atoms with Gasteiger partial charge in [-0.1, -0.05) is 11.8 Å². The molecule has 9 nitrogen and oxygen atoms in total. The molecular formula is C16H19N5O4S. The molecule has 26 heavy (non-hydrogen) atoms. The number of anilines is 1. The number of carbonyl (C=O) groups is 1. The Kier molecular flexibility index (Phi) is 5.12. The third-order valence-electron chi connectivity index (χ3n) is 4.14. The highest BCUT2D eigenvalue weighted by molar-refractivity contribution is 7.99. The highest BCUT2D eigenvalue weighted by atomic mass is 32.2. The van der Waals surface area contributed by atoms with E-state index in [1.165, 1.54) is 31.0 Å². The summed E-state index contributed by atoms with van der Waals surface area (Å²) < 4.78 is 6.97. The van der Waals surface area contributed by atoms with Crippen LogP contribution in [0.15, 0.2) is 17.3 Å². The van der Waals surface area contributed by atoms with Crippen molar-refractivity contribution in [2.75, 3.05) is 18.2 Å². The van der Waals surface area contributed by atoms with Crippen LogP contribution < -0.4 is 10.1 Å². The third kappa shape index (κ3) is 3.79. The molecule has 1 aromatic carbocycles. The molecule has 1 saturated carbocycles. The number of ether oxygens (including phenoxy) is 1. The molecule has 3 rings (SSSR count). The second-order valence-corrected chi connectivity index (χ2v) is 7.05. The lowest BCUT2D eigenvalue weighted by molar-refractivity contribution is -0.385.